The minimum absolute atomic E-state index is 0.807. The first kappa shape index (κ1) is 13.5. The van der Waals surface area contributed by atoms with Gasteiger partial charge in [0.2, 0.25) is 5.95 Å². The van der Waals surface area contributed by atoms with Crippen molar-refractivity contribution >= 4 is 37.8 Å². The zero-order chi connectivity index (χ0) is 13.1. The van der Waals surface area contributed by atoms with Crippen LogP contribution in [0.15, 0.2) is 27.1 Å². The van der Waals surface area contributed by atoms with Crippen LogP contribution in [0.1, 0.15) is 13.8 Å². The highest BCUT2D eigenvalue weighted by atomic mass is 79.9. The van der Waals surface area contributed by atoms with Crippen LogP contribution >= 0.6 is 31.9 Å². The van der Waals surface area contributed by atoms with Gasteiger partial charge in [-0.2, -0.15) is 0 Å². The van der Waals surface area contributed by atoms with Gasteiger partial charge in [0.25, 0.3) is 0 Å². The number of anilines is 1. The second-order valence-electron chi connectivity index (χ2n) is 3.75. The minimum Gasteiger partial charge on any atom is -0.355 e. The predicted molar refractivity (Wildman–Crippen MR) is 80.7 cm³/mol. The molecule has 0 spiro atoms. The van der Waals surface area contributed by atoms with Crippen LogP contribution < -0.4 is 5.32 Å². The number of nitrogens with zero attached hydrogens (tertiary/aromatic N) is 3. The standard InChI is InChI=1S/C12H14Br2N4/c1-3-15-12-17-16-11(18(12)4-2)9-7-8(13)5-6-10(9)14/h5-7H,3-4H2,1-2H3,(H,15,17). The molecule has 0 saturated heterocycles. The lowest BCUT2D eigenvalue weighted by atomic mass is 10.2. The third-order valence-corrected chi connectivity index (χ3v) is 3.76. The molecule has 2 rings (SSSR count). The number of rotatable bonds is 4. The average molecular weight is 374 g/mol. The monoisotopic (exact) mass is 372 g/mol. The van der Waals surface area contributed by atoms with Gasteiger partial charge in [-0.3, -0.25) is 4.57 Å². The van der Waals surface area contributed by atoms with Crippen LogP contribution in [0, 0.1) is 0 Å². The van der Waals surface area contributed by atoms with Gasteiger partial charge in [-0.05, 0) is 32.0 Å². The van der Waals surface area contributed by atoms with Gasteiger partial charge in [-0.25, -0.2) is 0 Å². The van der Waals surface area contributed by atoms with E-state index in [0.717, 1.165) is 39.4 Å². The van der Waals surface area contributed by atoms with E-state index in [9.17, 15) is 0 Å². The zero-order valence-corrected chi connectivity index (χ0v) is 13.4. The highest BCUT2D eigenvalue weighted by molar-refractivity contribution is 9.11. The molecule has 0 aliphatic rings. The largest absolute Gasteiger partial charge is 0.355 e. The number of benzene rings is 1. The van der Waals surface area contributed by atoms with Gasteiger partial charge in [0.1, 0.15) is 0 Å². The van der Waals surface area contributed by atoms with Crippen molar-refractivity contribution in [2.24, 2.45) is 0 Å². The summed E-state index contributed by atoms with van der Waals surface area (Å²) in [7, 11) is 0. The fourth-order valence-electron chi connectivity index (χ4n) is 1.76. The highest BCUT2D eigenvalue weighted by Crippen LogP contribution is 2.31. The number of aromatic nitrogens is 3. The van der Waals surface area contributed by atoms with Crippen LogP contribution in [0.4, 0.5) is 5.95 Å². The van der Waals surface area contributed by atoms with E-state index in [2.05, 4.69) is 58.9 Å². The summed E-state index contributed by atoms with van der Waals surface area (Å²) in [5, 5.41) is 11.7. The summed E-state index contributed by atoms with van der Waals surface area (Å²) in [6, 6.07) is 6.03. The topological polar surface area (TPSA) is 42.7 Å². The molecule has 0 radical (unpaired) electrons. The molecule has 1 aromatic carbocycles. The first-order valence-electron chi connectivity index (χ1n) is 5.79. The van der Waals surface area contributed by atoms with Crippen LogP contribution in [-0.4, -0.2) is 21.3 Å². The molecular weight excluding hydrogens is 360 g/mol. The Morgan fingerprint density at radius 1 is 1.22 bits per heavy atom. The Labute approximate surface area is 123 Å². The van der Waals surface area contributed by atoms with Crippen LogP contribution in [0.5, 0.6) is 0 Å². The van der Waals surface area contributed by atoms with Crippen LogP contribution in [0.2, 0.25) is 0 Å². The molecule has 0 unspecified atom stereocenters. The first-order valence-corrected chi connectivity index (χ1v) is 7.38. The van der Waals surface area contributed by atoms with Crippen molar-refractivity contribution in [3.63, 3.8) is 0 Å². The van der Waals surface area contributed by atoms with Gasteiger partial charge in [-0.15, -0.1) is 10.2 Å². The smallest absolute Gasteiger partial charge is 0.224 e. The lowest BCUT2D eigenvalue weighted by Crippen LogP contribution is -2.07. The summed E-state index contributed by atoms with van der Waals surface area (Å²) in [6.07, 6.45) is 0. The molecule has 18 heavy (non-hydrogen) atoms. The lowest BCUT2D eigenvalue weighted by molar-refractivity contribution is 0.770. The Morgan fingerprint density at radius 3 is 2.67 bits per heavy atom. The Morgan fingerprint density at radius 2 is 2.00 bits per heavy atom. The Kier molecular flexibility index (Phi) is 4.40. The maximum atomic E-state index is 4.28. The molecule has 96 valence electrons. The molecule has 0 amide bonds. The zero-order valence-electron chi connectivity index (χ0n) is 10.2. The van der Waals surface area contributed by atoms with E-state index < -0.39 is 0 Å². The van der Waals surface area contributed by atoms with Gasteiger partial charge in [0, 0.05) is 27.6 Å². The van der Waals surface area contributed by atoms with Crippen LogP contribution in [0.3, 0.4) is 0 Å². The van der Waals surface area contributed by atoms with E-state index in [4.69, 9.17) is 0 Å². The fraction of sp³-hybridized carbons (Fsp3) is 0.333. The molecular formula is C12H14Br2N4. The molecule has 0 atom stereocenters. The first-order chi connectivity index (χ1) is 8.67. The van der Waals surface area contributed by atoms with Gasteiger partial charge in [0.15, 0.2) is 5.82 Å². The second-order valence-corrected chi connectivity index (χ2v) is 5.52. The molecule has 1 heterocycles. The van der Waals surface area contributed by atoms with Crippen molar-refractivity contribution in [3.8, 4) is 11.4 Å². The molecule has 0 bridgehead atoms. The molecule has 0 aliphatic carbocycles. The number of nitrogens with one attached hydrogen (secondary N) is 1. The van der Waals surface area contributed by atoms with Crippen LogP contribution in [-0.2, 0) is 6.54 Å². The normalized spacial score (nSPS) is 10.7. The van der Waals surface area contributed by atoms with Crippen molar-refractivity contribution in [1.82, 2.24) is 14.8 Å². The molecule has 0 saturated carbocycles. The Bertz CT molecular complexity index is 551. The van der Waals surface area contributed by atoms with Gasteiger partial charge in [-0.1, -0.05) is 31.9 Å². The maximum absolute atomic E-state index is 4.28. The number of halogens is 2. The molecule has 2 aromatic rings. The van der Waals surface area contributed by atoms with E-state index in [1.165, 1.54) is 0 Å². The van der Waals surface area contributed by atoms with E-state index in [1.54, 1.807) is 0 Å². The maximum Gasteiger partial charge on any atom is 0.224 e. The minimum atomic E-state index is 0.807. The predicted octanol–water partition coefficient (Wildman–Crippen LogP) is 3.92. The summed E-state index contributed by atoms with van der Waals surface area (Å²) < 4.78 is 4.10. The Balaban J connectivity index is 2.53. The average Bonchev–Trinajstić information content (AvgIpc) is 2.75. The molecule has 0 aliphatic heterocycles. The highest BCUT2D eigenvalue weighted by Gasteiger charge is 2.14. The van der Waals surface area contributed by atoms with E-state index in [1.807, 2.05) is 25.1 Å². The fourth-order valence-corrected chi connectivity index (χ4v) is 2.54. The lowest BCUT2D eigenvalue weighted by Gasteiger charge is -2.09. The van der Waals surface area contributed by atoms with Crippen molar-refractivity contribution < 1.29 is 0 Å². The molecule has 4 nitrogen and oxygen atoms in total. The van der Waals surface area contributed by atoms with Gasteiger partial charge < -0.3 is 5.32 Å². The van der Waals surface area contributed by atoms with Crippen molar-refractivity contribution in [3.05, 3.63) is 27.1 Å². The molecule has 6 heteroatoms. The molecule has 1 N–H and O–H groups in total. The van der Waals surface area contributed by atoms with E-state index in [-0.39, 0.29) is 0 Å². The van der Waals surface area contributed by atoms with Gasteiger partial charge >= 0.3 is 0 Å². The summed E-state index contributed by atoms with van der Waals surface area (Å²) in [6.45, 7) is 5.78. The van der Waals surface area contributed by atoms with E-state index in [0.29, 0.717) is 0 Å². The second kappa shape index (κ2) is 5.84. The quantitative estimate of drug-likeness (QED) is 0.883. The van der Waals surface area contributed by atoms with E-state index >= 15 is 0 Å². The SMILES string of the molecule is CCNc1nnc(-c2cc(Br)ccc2Br)n1CC. The van der Waals surface area contributed by atoms with Gasteiger partial charge in [0.05, 0.1) is 0 Å². The third kappa shape index (κ3) is 2.59. The molecule has 0 fully saturated rings. The summed E-state index contributed by atoms with van der Waals surface area (Å²) >= 11 is 7.04. The van der Waals surface area contributed by atoms with Crippen molar-refractivity contribution in [2.45, 2.75) is 20.4 Å². The third-order valence-electron chi connectivity index (χ3n) is 2.57. The Hall–Kier alpha value is -0.880. The summed E-state index contributed by atoms with van der Waals surface area (Å²) in [4.78, 5) is 0. The van der Waals surface area contributed by atoms with Crippen molar-refractivity contribution in [1.29, 1.82) is 0 Å². The number of hydrogen-bond acceptors (Lipinski definition) is 3. The van der Waals surface area contributed by atoms with Crippen molar-refractivity contribution in [2.75, 3.05) is 11.9 Å². The summed E-state index contributed by atoms with van der Waals surface area (Å²) in [5.41, 5.74) is 1.03. The van der Waals surface area contributed by atoms with Crippen LogP contribution in [0.25, 0.3) is 11.4 Å². The number of hydrogen-bond donors (Lipinski definition) is 1. The molecule has 1 aromatic heterocycles. The summed E-state index contributed by atoms with van der Waals surface area (Å²) in [5.74, 6) is 1.67.